The second-order valence-corrected chi connectivity index (χ2v) is 11.0. The number of carbonyl (C=O) groups is 4. The van der Waals surface area contributed by atoms with E-state index in [4.69, 9.17) is 32.7 Å². The summed E-state index contributed by atoms with van der Waals surface area (Å²) in [5, 5.41) is 7.28. The molecule has 14 heteroatoms. The molecule has 0 bridgehead atoms. The summed E-state index contributed by atoms with van der Waals surface area (Å²) in [6.45, 7) is 4.78. The number of nitrogens with zero attached hydrogens (tertiary/aromatic N) is 1. The van der Waals surface area contributed by atoms with Gasteiger partial charge in [0.1, 0.15) is 11.4 Å². The summed E-state index contributed by atoms with van der Waals surface area (Å²) in [6, 6.07) is 11.0. The highest BCUT2D eigenvalue weighted by Crippen LogP contribution is 2.26. The number of alkyl halides is 2. The third kappa shape index (κ3) is 10.3. The van der Waals surface area contributed by atoms with Crippen molar-refractivity contribution in [2.24, 2.45) is 5.92 Å². The Bertz CT molecular complexity index is 1350. The van der Waals surface area contributed by atoms with Gasteiger partial charge in [0.05, 0.1) is 29.3 Å². The molecule has 2 aromatic rings. The first kappa shape index (κ1) is 34.9. The summed E-state index contributed by atoms with van der Waals surface area (Å²) >= 11 is 11.9. The highest BCUT2D eigenvalue weighted by atomic mass is 35.5. The van der Waals surface area contributed by atoms with E-state index in [0.29, 0.717) is 43.4 Å². The molecule has 2 aromatic carbocycles. The van der Waals surface area contributed by atoms with Crippen LogP contribution in [-0.4, -0.2) is 86.4 Å². The van der Waals surface area contributed by atoms with Gasteiger partial charge in [-0.25, -0.2) is 0 Å². The summed E-state index contributed by atoms with van der Waals surface area (Å²) in [6.07, 6.45) is 1.31. The number of rotatable bonds is 14. The van der Waals surface area contributed by atoms with Crippen LogP contribution in [0.3, 0.4) is 0 Å². The minimum atomic E-state index is -4.42. The van der Waals surface area contributed by atoms with Crippen LogP contribution in [0.2, 0.25) is 10.0 Å². The summed E-state index contributed by atoms with van der Waals surface area (Å²) in [5.41, 5.74) is 0.163. The number of morpholine rings is 1. The highest BCUT2D eigenvalue weighted by Gasteiger charge is 2.51. The van der Waals surface area contributed by atoms with Crippen molar-refractivity contribution in [3.8, 4) is 5.75 Å². The molecule has 0 unspecified atom stereocenters. The lowest BCUT2D eigenvalue weighted by atomic mass is 9.95. The molecule has 1 heterocycles. The van der Waals surface area contributed by atoms with Gasteiger partial charge in [-0.3, -0.25) is 24.1 Å². The average molecular weight is 656 g/mol. The molecule has 0 saturated carbocycles. The number of halogens is 4. The summed E-state index contributed by atoms with van der Waals surface area (Å²) < 4.78 is 40.7. The number of Topliss-reactive ketones (excluding diaryl/α,β-unsaturated/α-hetero) is 1. The molecule has 0 aromatic heterocycles. The first-order chi connectivity index (χ1) is 20.9. The van der Waals surface area contributed by atoms with Crippen LogP contribution >= 0.6 is 23.2 Å². The van der Waals surface area contributed by atoms with Gasteiger partial charge in [-0.15, -0.1) is 0 Å². The molecule has 1 aliphatic heterocycles. The molecule has 3 N–H and O–H groups in total. The number of hydrogen-bond donors (Lipinski definition) is 3. The van der Waals surface area contributed by atoms with Gasteiger partial charge in [0, 0.05) is 32.2 Å². The van der Waals surface area contributed by atoms with E-state index in [-0.39, 0.29) is 23.0 Å². The van der Waals surface area contributed by atoms with Gasteiger partial charge < -0.3 is 25.4 Å². The average Bonchev–Trinajstić information content (AvgIpc) is 3.00. The van der Waals surface area contributed by atoms with Crippen molar-refractivity contribution < 1.29 is 37.4 Å². The molecule has 1 aliphatic rings. The zero-order chi connectivity index (χ0) is 32.3. The monoisotopic (exact) mass is 654 g/mol. The van der Waals surface area contributed by atoms with Crippen molar-refractivity contribution in [2.75, 3.05) is 46.0 Å². The lowest BCUT2D eigenvalue weighted by Gasteiger charge is -2.27. The molecular formula is C30H34Cl2F2N4O6. The minimum absolute atomic E-state index is 0.0965. The van der Waals surface area contributed by atoms with Crippen molar-refractivity contribution >= 4 is 52.8 Å². The molecule has 1 saturated heterocycles. The third-order valence-electron chi connectivity index (χ3n) is 6.54. The van der Waals surface area contributed by atoms with Crippen LogP contribution in [0, 0.1) is 5.92 Å². The van der Waals surface area contributed by atoms with Crippen molar-refractivity contribution in [3.63, 3.8) is 0 Å². The second kappa shape index (κ2) is 16.5. The Labute approximate surface area is 264 Å². The van der Waals surface area contributed by atoms with Gasteiger partial charge in [0.15, 0.2) is 6.61 Å². The van der Waals surface area contributed by atoms with E-state index in [1.54, 1.807) is 30.3 Å². The molecule has 3 amide bonds. The third-order valence-corrected chi connectivity index (χ3v) is 7.28. The van der Waals surface area contributed by atoms with Crippen LogP contribution in [0.1, 0.15) is 19.4 Å². The number of ketones is 1. The number of amides is 3. The number of nitrogens with one attached hydrogen (secondary N) is 3. The van der Waals surface area contributed by atoms with Crippen LogP contribution in [0.5, 0.6) is 5.75 Å². The quantitative estimate of drug-likeness (QED) is 0.211. The Kier molecular flexibility index (Phi) is 13.1. The first-order valence-corrected chi connectivity index (χ1v) is 14.6. The molecule has 3 rings (SSSR count). The van der Waals surface area contributed by atoms with E-state index >= 15 is 8.78 Å². The number of benzene rings is 2. The lowest BCUT2D eigenvalue weighted by molar-refractivity contribution is -0.161. The first-order valence-electron chi connectivity index (χ1n) is 13.8. The molecule has 0 aliphatic carbocycles. The Morgan fingerprint density at radius 1 is 1.05 bits per heavy atom. The number of ether oxygens (including phenoxy) is 2. The molecule has 1 fully saturated rings. The Balaban J connectivity index is 1.70. The standard InChI is InChI=1S/C30H34Cl2F2N4O6/c1-19(2)26(27(40)30(33,34)29(42)35-10-11-38-12-14-43-15-13-38)37-28(41)24(16-20-6-4-3-5-7-20)36-25(39)18-44-21-8-9-22(31)23(32)17-21/h3-9,16-17,19,26H,10-15,18H2,1-2H3,(H,35,42)(H,36,39)(H,37,41)/b24-16+/t26-/m0/s1. The maximum Gasteiger partial charge on any atom is 0.383 e. The van der Waals surface area contributed by atoms with Gasteiger partial charge in [-0.2, -0.15) is 8.78 Å². The fourth-order valence-electron chi connectivity index (χ4n) is 4.10. The summed E-state index contributed by atoms with van der Waals surface area (Å²) in [5.74, 6) is -10.3. The van der Waals surface area contributed by atoms with E-state index in [1.165, 1.54) is 38.1 Å². The van der Waals surface area contributed by atoms with Gasteiger partial charge in [-0.05, 0) is 29.7 Å². The van der Waals surface area contributed by atoms with E-state index in [0.717, 1.165) is 0 Å². The SMILES string of the molecule is CC(C)[C@H](NC(=O)/C(=C\c1ccccc1)NC(=O)COc1ccc(Cl)c(Cl)c1)C(=O)C(F)(F)C(=O)NCCN1CCOCC1. The van der Waals surface area contributed by atoms with Gasteiger partial charge >= 0.3 is 5.92 Å². The van der Waals surface area contributed by atoms with E-state index in [9.17, 15) is 19.2 Å². The highest BCUT2D eigenvalue weighted by molar-refractivity contribution is 6.42. The van der Waals surface area contributed by atoms with Crippen LogP contribution < -0.4 is 20.7 Å². The predicted molar refractivity (Wildman–Crippen MR) is 162 cm³/mol. The van der Waals surface area contributed by atoms with E-state index < -0.39 is 48.0 Å². The fourth-order valence-corrected chi connectivity index (χ4v) is 4.39. The maximum absolute atomic E-state index is 15.0. The Hall–Kier alpha value is -3.58. The molecule has 0 spiro atoms. The Morgan fingerprint density at radius 3 is 2.36 bits per heavy atom. The zero-order valence-corrected chi connectivity index (χ0v) is 25.7. The molecule has 238 valence electrons. The summed E-state index contributed by atoms with van der Waals surface area (Å²) in [7, 11) is 0. The van der Waals surface area contributed by atoms with Crippen LogP contribution in [-0.2, 0) is 23.9 Å². The molecular weight excluding hydrogens is 621 g/mol. The van der Waals surface area contributed by atoms with Gasteiger partial charge in [0.2, 0.25) is 5.78 Å². The van der Waals surface area contributed by atoms with Crippen LogP contribution in [0.15, 0.2) is 54.2 Å². The largest absolute Gasteiger partial charge is 0.484 e. The maximum atomic E-state index is 15.0. The smallest absolute Gasteiger partial charge is 0.383 e. The summed E-state index contributed by atoms with van der Waals surface area (Å²) in [4.78, 5) is 53.3. The van der Waals surface area contributed by atoms with Crippen LogP contribution in [0.25, 0.3) is 6.08 Å². The number of hydrogen-bond acceptors (Lipinski definition) is 7. The second-order valence-electron chi connectivity index (χ2n) is 10.2. The van der Waals surface area contributed by atoms with Gasteiger partial charge in [0.25, 0.3) is 17.7 Å². The van der Waals surface area contributed by atoms with E-state index in [1.807, 2.05) is 4.90 Å². The molecule has 0 radical (unpaired) electrons. The van der Waals surface area contributed by atoms with Crippen molar-refractivity contribution in [2.45, 2.75) is 25.8 Å². The minimum Gasteiger partial charge on any atom is -0.484 e. The van der Waals surface area contributed by atoms with E-state index in [2.05, 4.69) is 16.0 Å². The molecule has 1 atom stereocenters. The molecule has 10 nitrogen and oxygen atoms in total. The topological polar surface area (TPSA) is 126 Å². The van der Waals surface area contributed by atoms with Crippen molar-refractivity contribution in [3.05, 3.63) is 69.8 Å². The van der Waals surface area contributed by atoms with Crippen molar-refractivity contribution in [1.82, 2.24) is 20.9 Å². The Morgan fingerprint density at radius 2 is 1.73 bits per heavy atom. The van der Waals surface area contributed by atoms with Crippen LogP contribution in [0.4, 0.5) is 8.78 Å². The zero-order valence-electron chi connectivity index (χ0n) is 24.2. The fraction of sp³-hybridized carbons (Fsp3) is 0.400. The predicted octanol–water partition coefficient (Wildman–Crippen LogP) is 3.32. The normalized spacial score (nSPS) is 14.9. The lowest BCUT2D eigenvalue weighted by Crippen LogP contribution is -2.57. The van der Waals surface area contributed by atoms with Crippen molar-refractivity contribution in [1.29, 1.82) is 0 Å². The van der Waals surface area contributed by atoms with Gasteiger partial charge in [-0.1, -0.05) is 67.4 Å². The number of carbonyl (C=O) groups excluding carboxylic acids is 4. The molecule has 44 heavy (non-hydrogen) atoms.